The van der Waals surface area contributed by atoms with Crippen LogP contribution in [0.3, 0.4) is 0 Å². The zero-order chi connectivity index (χ0) is 15.4. The Hall–Kier alpha value is -1.87. The number of ether oxygens (including phenoxy) is 1. The maximum absolute atomic E-state index is 13.5. The van der Waals surface area contributed by atoms with E-state index in [1.807, 2.05) is 39.8 Å². The predicted molar refractivity (Wildman–Crippen MR) is 84.5 cm³/mol. The van der Waals surface area contributed by atoms with Crippen molar-refractivity contribution in [3.05, 3.63) is 58.9 Å². The average Bonchev–Trinajstić information content (AvgIpc) is 2.45. The molecule has 0 aliphatic rings. The second-order valence-corrected chi connectivity index (χ2v) is 5.33. The van der Waals surface area contributed by atoms with Gasteiger partial charge in [0.2, 0.25) is 0 Å². The van der Waals surface area contributed by atoms with E-state index in [1.54, 1.807) is 6.07 Å². The first-order valence-electron chi connectivity index (χ1n) is 7.29. The molecule has 2 aromatic carbocycles. The molecule has 2 aromatic rings. The van der Waals surface area contributed by atoms with Crippen molar-refractivity contribution in [1.29, 1.82) is 0 Å². The van der Waals surface area contributed by atoms with Crippen molar-refractivity contribution in [3.8, 4) is 11.5 Å². The van der Waals surface area contributed by atoms with E-state index in [0.29, 0.717) is 5.75 Å². The molecule has 0 fully saturated rings. The van der Waals surface area contributed by atoms with E-state index in [9.17, 15) is 4.39 Å². The number of hydrogen-bond donors (Lipinski definition) is 1. The third-order valence-electron chi connectivity index (χ3n) is 3.51. The summed E-state index contributed by atoms with van der Waals surface area (Å²) in [4.78, 5) is 0. The van der Waals surface area contributed by atoms with Gasteiger partial charge >= 0.3 is 0 Å². The molecule has 0 amide bonds. The van der Waals surface area contributed by atoms with Gasteiger partial charge < -0.3 is 10.1 Å². The second kappa shape index (κ2) is 6.72. The van der Waals surface area contributed by atoms with Crippen LogP contribution in [0.1, 0.15) is 36.6 Å². The summed E-state index contributed by atoms with van der Waals surface area (Å²) in [6, 6.07) is 10.8. The second-order valence-electron chi connectivity index (χ2n) is 5.33. The first-order chi connectivity index (χ1) is 10.0. The summed E-state index contributed by atoms with van der Waals surface area (Å²) in [5, 5.41) is 3.29. The molecule has 0 radical (unpaired) electrons. The van der Waals surface area contributed by atoms with Crippen molar-refractivity contribution in [2.24, 2.45) is 0 Å². The van der Waals surface area contributed by atoms with Gasteiger partial charge in [-0.1, -0.05) is 19.1 Å². The maximum atomic E-state index is 13.5. The molecule has 3 heteroatoms. The highest BCUT2D eigenvalue weighted by molar-refractivity contribution is 5.43. The lowest BCUT2D eigenvalue weighted by molar-refractivity contribution is 0.456. The molecule has 0 aliphatic carbocycles. The van der Waals surface area contributed by atoms with Crippen molar-refractivity contribution in [2.45, 2.75) is 33.7 Å². The Labute approximate surface area is 126 Å². The Balaban J connectivity index is 2.37. The summed E-state index contributed by atoms with van der Waals surface area (Å²) in [6.45, 7) is 8.89. The Morgan fingerprint density at radius 1 is 1.10 bits per heavy atom. The van der Waals surface area contributed by atoms with Crippen LogP contribution in [0.4, 0.5) is 4.39 Å². The van der Waals surface area contributed by atoms with E-state index in [-0.39, 0.29) is 11.9 Å². The third-order valence-corrected chi connectivity index (χ3v) is 3.51. The topological polar surface area (TPSA) is 21.3 Å². The minimum atomic E-state index is -0.247. The Bertz CT molecular complexity index is 625. The summed E-state index contributed by atoms with van der Waals surface area (Å²) < 4.78 is 19.6. The van der Waals surface area contributed by atoms with Crippen molar-refractivity contribution in [2.75, 3.05) is 6.54 Å². The van der Waals surface area contributed by atoms with Crippen molar-refractivity contribution >= 4 is 0 Å². The third kappa shape index (κ3) is 3.82. The van der Waals surface area contributed by atoms with Crippen LogP contribution >= 0.6 is 0 Å². The molecule has 0 aromatic heterocycles. The molecule has 2 nitrogen and oxygen atoms in total. The number of rotatable bonds is 5. The largest absolute Gasteiger partial charge is 0.457 e. The fourth-order valence-electron chi connectivity index (χ4n) is 2.30. The SMILES string of the molecule is CCNC(C)c1cc(F)ccc1Oc1cc(C)ccc1C. The van der Waals surface area contributed by atoms with Gasteiger partial charge in [-0.25, -0.2) is 4.39 Å². The standard InChI is InChI=1S/C18H22FNO/c1-5-20-14(4)16-11-15(19)8-9-17(16)21-18-10-12(2)6-7-13(18)3/h6-11,14,20H,5H2,1-4H3. The molecule has 0 saturated carbocycles. The predicted octanol–water partition coefficient (Wildman–Crippen LogP) is 4.91. The molecule has 1 N–H and O–H groups in total. The zero-order valence-electron chi connectivity index (χ0n) is 13.0. The normalized spacial score (nSPS) is 12.2. The van der Waals surface area contributed by atoms with Crippen LogP contribution in [-0.2, 0) is 0 Å². The van der Waals surface area contributed by atoms with E-state index in [0.717, 1.165) is 29.0 Å². The quantitative estimate of drug-likeness (QED) is 0.844. The van der Waals surface area contributed by atoms with E-state index in [4.69, 9.17) is 4.74 Å². The van der Waals surface area contributed by atoms with Gasteiger partial charge in [0, 0.05) is 11.6 Å². The summed E-state index contributed by atoms with van der Waals surface area (Å²) in [7, 11) is 0. The summed E-state index contributed by atoms with van der Waals surface area (Å²) in [6.07, 6.45) is 0. The zero-order valence-corrected chi connectivity index (χ0v) is 13.0. The van der Waals surface area contributed by atoms with E-state index >= 15 is 0 Å². The van der Waals surface area contributed by atoms with E-state index in [2.05, 4.69) is 11.4 Å². The molecule has 112 valence electrons. The molecule has 21 heavy (non-hydrogen) atoms. The highest BCUT2D eigenvalue weighted by atomic mass is 19.1. The molecule has 0 aliphatic heterocycles. The number of halogens is 1. The molecular formula is C18H22FNO. The van der Waals surface area contributed by atoms with E-state index in [1.165, 1.54) is 12.1 Å². The fraction of sp³-hybridized carbons (Fsp3) is 0.333. The first-order valence-corrected chi connectivity index (χ1v) is 7.29. The van der Waals surface area contributed by atoms with Crippen LogP contribution in [0.15, 0.2) is 36.4 Å². The Morgan fingerprint density at radius 3 is 2.57 bits per heavy atom. The Kier molecular flexibility index (Phi) is 4.97. The summed E-state index contributed by atoms with van der Waals surface area (Å²) in [5.41, 5.74) is 3.03. The lowest BCUT2D eigenvalue weighted by Gasteiger charge is -2.18. The first kappa shape index (κ1) is 15.5. The molecule has 0 heterocycles. The van der Waals surface area contributed by atoms with Gasteiger partial charge in [0.25, 0.3) is 0 Å². The minimum Gasteiger partial charge on any atom is -0.457 e. The molecule has 0 spiro atoms. The van der Waals surface area contributed by atoms with Crippen molar-refractivity contribution in [3.63, 3.8) is 0 Å². The van der Waals surface area contributed by atoms with E-state index < -0.39 is 0 Å². The van der Waals surface area contributed by atoms with Crippen LogP contribution < -0.4 is 10.1 Å². The highest BCUT2D eigenvalue weighted by Gasteiger charge is 2.13. The Morgan fingerprint density at radius 2 is 1.86 bits per heavy atom. The average molecular weight is 287 g/mol. The molecular weight excluding hydrogens is 265 g/mol. The summed E-state index contributed by atoms with van der Waals surface area (Å²) >= 11 is 0. The van der Waals surface area contributed by atoms with Gasteiger partial charge in [0.1, 0.15) is 17.3 Å². The van der Waals surface area contributed by atoms with Gasteiger partial charge in [-0.2, -0.15) is 0 Å². The number of benzene rings is 2. The highest BCUT2D eigenvalue weighted by Crippen LogP contribution is 2.32. The van der Waals surface area contributed by atoms with Gasteiger partial charge in [0.05, 0.1) is 0 Å². The molecule has 0 bridgehead atoms. The van der Waals surface area contributed by atoms with Gasteiger partial charge in [-0.05, 0) is 62.7 Å². The van der Waals surface area contributed by atoms with Gasteiger partial charge in [-0.15, -0.1) is 0 Å². The van der Waals surface area contributed by atoms with Gasteiger partial charge in [0.15, 0.2) is 0 Å². The maximum Gasteiger partial charge on any atom is 0.132 e. The van der Waals surface area contributed by atoms with Crippen molar-refractivity contribution in [1.82, 2.24) is 5.32 Å². The number of hydrogen-bond acceptors (Lipinski definition) is 2. The summed E-state index contributed by atoms with van der Waals surface area (Å²) in [5.74, 6) is 1.26. The van der Waals surface area contributed by atoms with Crippen LogP contribution in [-0.4, -0.2) is 6.54 Å². The number of aryl methyl sites for hydroxylation is 2. The van der Waals surface area contributed by atoms with Gasteiger partial charge in [-0.3, -0.25) is 0 Å². The molecule has 1 unspecified atom stereocenters. The van der Waals surface area contributed by atoms with Crippen LogP contribution in [0.5, 0.6) is 11.5 Å². The fourth-order valence-corrected chi connectivity index (χ4v) is 2.30. The van der Waals surface area contributed by atoms with Crippen molar-refractivity contribution < 1.29 is 9.13 Å². The molecule has 0 saturated heterocycles. The minimum absolute atomic E-state index is 0.0332. The lowest BCUT2D eigenvalue weighted by Crippen LogP contribution is -2.18. The van der Waals surface area contributed by atoms with Crippen LogP contribution in [0, 0.1) is 19.7 Å². The molecule has 1 atom stereocenters. The molecule has 2 rings (SSSR count). The number of nitrogens with one attached hydrogen (secondary N) is 1. The van der Waals surface area contributed by atoms with Crippen LogP contribution in [0.2, 0.25) is 0 Å². The van der Waals surface area contributed by atoms with Crippen LogP contribution in [0.25, 0.3) is 0 Å². The lowest BCUT2D eigenvalue weighted by atomic mass is 10.1. The monoisotopic (exact) mass is 287 g/mol. The smallest absolute Gasteiger partial charge is 0.132 e.